The van der Waals surface area contributed by atoms with E-state index in [1.54, 1.807) is 11.3 Å². The van der Waals surface area contributed by atoms with Gasteiger partial charge >= 0.3 is 0 Å². The van der Waals surface area contributed by atoms with Crippen LogP contribution in [0.5, 0.6) is 5.75 Å². The maximum absolute atomic E-state index is 5.97. The Morgan fingerprint density at radius 1 is 1.40 bits per heavy atom. The maximum atomic E-state index is 5.97. The third kappa shape index (κ3) is 2.33. The molecule has 0 aliphatic heterocycles. The molecular weight excluding hydrogens is 228 g/mol. The van der Waals surface area contributed by atoms with Gasteiger partial charge < -0.3 is 4.74 Å². The zero-order valence-corrected chi connectivity index (χ0v) is 9.86. The minimum Gasteiger partial charge on any atom is -0.493 e. The molecule has 77 valence electrons. The number of hydrogen-bond acceptors (Lipinski definition) is 2. The van der Waals surface area contributed by atoms with Crippen LogP contribution in [-0.2, 0) is 0 Å². The molecule has 0 amide bonds. The van der Waals surface area contributed by atoms with Gasteiger partial charge in [-0.15, -0.1) is 11.3 Å². The average Bonchev–Trinajstić information content (AvgIpc) is 2.74. The van der Waals surface area contributed by atoms with E-state index in [0.29, 0.717) is 6.61 Å². The molecule has 0 fully saturated rings. The summed E-state index contributed by atoms with van der Waals surface area (Å²) in [6.07, 6.45) is 0. The Kier molecular flexibility index (Phi) is 3.29. The molecule has 0 unspecified atom stereocenters. The first-order chi connectivity index (χ1) is 7.31. The number of thiophene rings is 1. The fourth-order valence-electron chi connectivity index (χ4n) is 1.36. The van der Waals surface area contributed by atoms with Crippen LogP contribution in [0.4, 0.5) is 0 Å². The van der Waals surface area contributed by atoms with Gasteiger partial charge in [-0.05, 0) is 37.3 Å². The van der Waals surface area contributed by atoms with Crippen LogP contribution in [0.1, 0.15) is 6.92 Å². The lowest BCUT2D eigenvalue weighted by atomic mass is 10.1. The monoisotopic (exact) mass is 237 g/mol. The Morgan fingerprint density at radius 3 is 2.93 bits per heavy atom. The second-order valence-electron chi connectivity index (χ2n) is 2.99. The molecule has 1 aromatic heterocycles. The van der Waals surface area contributed by atoms with Gasteiger partial charge in [0.25, 0.3) is 0 Å². The van der Waals surface area contributed by atoms with Crippen LogP contribution in [0.15, 0.2) is 30.3 Å². The lowest BCUT2D eigenvalue weighted by Crippen LogP contribution is -1.93. The third-order valence-corrected chi connectivity index (χ3v) is 3.04. The summed E-state index contributed by atoms with van der Waals surface area (Å²) in [5.41, 5.74) is 1.04. The molecule has 0 spiro atoms. The number of rotatable bonds is 3. The molecule has 15 heavy (non-hydrogen) atoms. The van der Waals surface area contributed by atoms with Crippen molar-refractivity contribution < 1.29 is 4.74 Å². The highest BCUT2D eigenvalue weighted by molar-refractivity contribution is 7.13. The first-order valence-electron chi connectivity index (χ1n) is 4.70. The highest BCUT2D eigenvalue weighted by atomic mass is 35.5. The van der Waals surface area contributed by atoms with Crippen molar-refractivity contribution in [2.75, 3.05) is 6.61 Å². The van der Waals surface area contributed by atoms with Crippen LogP contribution in [0.25, 0.3) is 10.4 Å². The quantitative estimate of drug-likeness (QED) is 0.775. The lowest BCUT2D eigenvalue weighted by molar-refractivity contribution is 0.341. The largest absolute Gasteiger partial charge is 0.493 e. The first-order valence-corrected chi connectivity index (χ1v) is 5.89. The highest BCUT2D eigenvalue weighted by Gasteiger charge is 2.07. The van der Waals surface area contributed by atoms with Crippen molar-refractivity contribution in [1.29, 1.82) is 0 Å². The van der Waals surface area contributed by atoms with Crippen molar-refractivity contribution in [1.82, 2.24) is 0 Å². The van der Waals surface area contributed by atoms with Crippen molar-refractivity contribution >= 4 is 22.9 Å². The third-order valence-electron chi connectivity index (χ3n) is 1.98. The molecule has 0 saturated carbocycles. The average molecular weight is 238 g/mol. The number of benzene rings is 1. The lowest BCUT2D eigenvalue weighted by Gasteiger charge is -2.08. The summed E-state index contributed by atoms with van der Waals surface area (Å²) < 4.78 is 5.55. The van der Waals surface area contributed by atoms with E-state index in [2.05, 4.69) is 5.38 Å². The first kappa shape index (κ1) is 10.5. The van der Waals surface area contributed by atoms with Gasteiger partial charge in [0.1, 0.15) is 5.75 Å². The second kappa shape index (κ2) is 4.69. The molecule has 0 aliphatic rings. The summed E-state index contributed by atoms with van der Waals surface area (Å²) in [5, 5.41) is 3.78. The van der Waals surface area contributed by atoms with Crippen molar-refractivity contribution in [2.24, 2.45) is 0 Å². The minimum atomic E-state index is 0.656. The van der Waals surface area contributed by atoms with Crippen LogP contribution >= 0.6 is 22.9 Å². The van der Waals surface area contributed by atoms with E-state index >= 15 is 0 Å². The van der Waals surface area contributed by atoms with Gasteiger partial charge in [-0.3, -0.25) is 0 Å². The molecule has 0 N–H and O–H groups in total. The maximum Gasteiger partial charge on any atom is 0.128 e. The predicted molar refractivity (Wildman–Crippen MR) is 64.8 cm³/mol. The Morgan fingerprint density at radius 2 is 2.27 bits per heavy atom. The van der Waals surface area contributed by atoms with Crippen LogP contribution in [-0.4, -0.2) is 6.61 Å². The van der Waals surface area contributed by atoms with Crippen LogP contribution in [0.3, 0.4) is 0 Å². The zero-order chi connectivity index (χ0) is 10.7. The molecule has 0 bridgehead atoms. The Bertz CT molecular complexity index is 437. The van der Waals surface area contributed by atoms with E-state index in [1.165, 1.54) is 0 Å². The van der Waals surface area contributed by atoms with Crippen molar-refractivity contribution in [2.45, 2.75) is 6.92 Å². The molecule has 0 saturated heterocycles. The van der Waals surface area contributed by atoms with E-state index in [1.807, 2.05) is 37.3 Å². The molecule has 2 rings (SSSR count). The van der Waals surface area contributed by atoms with Crippen molar-refractivity contribution in [3.8, 4) is 16.2 Å². The standard InChI is InChI=1S/C12H10ClOS/c1-2-14-11-6-5-9(13)8-10(11)12-4-3-7-15-12/h3-6,8H,2H2,1H3. The molecule has 1 nitrogen and oxygen atoms in total. The van der Waals surface area contributed by atoms with E-state index < -0.39 is 0 Å². The Hall–Kier alpha value is -0.990. The summed E-state index contributed by atoms with van der Waals surface area (Å²) in [6.45, 7) is 2.63. The van der Waals surface area contributed by atoms with E-state index in [9.17, 15) is 0 Å². The topological polar surface area (TPSA) is 9.23 Å². The Labute approximate surface area is 98.3 Å². The number of halogens is 1. The highest BCUT2D eigenvalue weighted by Crippen LogP contribution is 2.35. The van der Waals surface area contributed by atoms with E-state index in [0.717, 1.165) is 21.2 Å². The van der Waals surface area contributed by atoms with Gasteiger partial charge in [0.05, 0.1) is 6.61 Å². The molecular formula is C12H10ClOS. The molecule has 2 aromatic rings. The molecule has 0 aliphatic carbocycles. The van der Waals surface area contributed by atoms with Crippen LogP contribution < -0.4 is 4.74 Å². The van der Waals surface area contributed by atoms with Gasteiger partial charge in [0, 0.05) is 20.8 Å². The molecule has 1 radical (unpaired) electrons. The molecule has 3 heteroatoms. The predicted octanol–water partition coefficient (Wildman–Crippen LogP) is 4.27. The number of ether oxygens (including phenoxy) is 1. The van der Waals surface area contributed by atoms with E-state index in [4.69, 9.17) is 16.3 Å². The summed E-state index contributed by atoms with van der Waals surface area (Å²) in [5.74, 6) is 0.873. The van der Waals surface area contributed by atoms with Gasteiger partial charge in [-0.25, -0.2) is 0 Å². The molecule has 1 aromatic carbocycles. The van der Waals surface area contributed by atoms with E-state index in [-0.39, 0.29) is 0 Å². The minimum absolute atomic E-state index is 0.656. The summed E-state index contributed by atoms with van der Waals surface area (Å²) >= 11 is 7.53. The van der Waals surface area contributed by atoms with Crippen LogP contribution in [0.2, 0.25) is 5.02 Å². The smallest absolute Gasteiger partial charge is 0.128 e. The van der Waals surface area contributed by atoms with Gasteiger partial charge in [-0.2, -0.15) is 0 Å². The van der Waals surface area contributed by atoms with Gasteiger partial charge in [-0.1, -0.05) is 11.6 Å². The SMILES string of the molecule is CCOc1ccc(Cl)cc1-c1cc[c]s1. The molecule has 1 heterocycles. The summed E-state index contributed by atoms with van der Waals surface area (Å²) in [4.78, 5) is 1.13. The van der Waals surface area contributed by atoms with Gasteiger partial charge in [0.15, 0.2) is 0 Å². The Balaban J connectivity index is 2.47. The zero-order valence-electron chi connectivity index (χ0n) is 8.29. The summed E-state index contributed by atoms with van der Waals surface area (Å²) in [6, 6.07) is 9.58. The normalized spacial score (nSPS) is 10.3. The number of hydrogen-bond donors (Lipinski definition) is 0. The fourth-order valence-corrected chi connectivity index (χ4v) is 2.20. The molecule has 0 atom stereocenters. The fraction of sp³-hybridized carbons (Fsp3) is 0.167. The van der Waals surface area contributed by atoms with Crippen LogP contribution in [0, 0.1) is 5.38 Å². The van der Waals surface area contributed by atoms with Gasteiger partial charge in [0.2, 0.25) is 0 Å². The summed E-state index contributed by atoms with van der Waals surface area (Å²) in [7, 11) is 0. The van der Waals surface area contributed by atoms with Crippen molar-refractivity contribution in [3.63, 3.8) is 0 Å². The van der Waals surface area contributed by atoms with Crippen molar-refractivity contribution in [3.05, 3.63) is 40.7 Å². The second-order valence-corrected chi connectivity index (χ2v) is 4.31.